The summed E-state index contributed by atoms with van der Waals surface area (Å²) >= 11 is 6.46. The molecule has 1 heterocycles. The van der Waals surface area contributed by atoms with Gasteiger partial charge < -0.3 is 10.6 Å². The first kappa shape index (κ1) is 26.1. The van der Waals surface area contributed by atoms with Crippen molar-refractivity contribution < 1.29 is 4.39 Å². The minimum atomic E-state index is -0.255. The smallest absolute Gasteiger partial charge is 0.123 e. The fraction of sp³-hybridized carbons (Fsp3) is 0.400. The third kappa shape index (κ3) is 6.76. The minimum absolute atomic E-state index is 0.00513. The number of unbranched alkanes of at least 4 members (excludes halogenated alkanes) is 3. The Labute approximate surface area is 210 Å². The van der Waals surface area contributed by atoms with Gasteiger partial charge in [-0.3, -0.25) is 0 Å². The fourth-order valence-electron chi connectivity index (χ4n) is 4.52. The minimum Gasteiger partial charge on any atom is -0.378 e. The highest BCUT2D eigenvalue weighted by Crippen LogP contribution is 2.37. The van der Waals surface area contributed by atoms with Crippen LogP contribution in [0.4, 0.5) is 4.39 Å². The Hall–Kier alpha value is -2.52. The summed E-state index contributed by atoms with van der Waals surface area (Å²) in [6.45, 7) is 10.6. The molecule has 4 rings (SSSR count). The lowest BCUT2D eigenvalue weighted by Gasteiger charge is -2.33. The molecule has 0 radical (unpaired) electrons. The topological polar surface area (TPSA) is 24.1 Å². The number of nitrogens with one attached hydrogen (secondary N) is 2. The van der Waals surface area contributed by atoms with Gasteiger partial charge in [0.25, 0.3) is 0 Å². The lowest BCUT2D eigenvalue weighted by Crippen LogP contribution is -2.30. The second kappa shape index (κ2) is 12.8. The fourth-order valence-corrected chi connectivity index (χ4v) is 4.77. The average Bonchev–Trinajstić information content (AvgIpc) is 2.84. The number of aryl methyl sites for hydroxylation is 1. The first-order valence-corrected chi connectivity index (χ1v) is 13.0. The first-order valence-electron chi connectivity index (χ1n) is 12.6. The number of dihydropyridines is 1. The first-order chi connectivity index (χ1) is 16.4. The van der Waals surface area contributed by atoms with E-state index in [1.807, 2.05) is 31.2 Å². The van der Waals surface area contributed by atoms with E-state index in [-0.39, 0.29) is 11.9 Å². The molecule has 0 saturated carbocycles. The summed E-state index contributed by atoms with van der Waals surface area (Å²) in [7, 11) is 0. The number of hydrogen-bond acceptors (Lipinski definition) is 2. The molecule has 0 saturated heterocycles. The van der Waals surface area contributed by atoms with Crippen molar-refractivity contribution in [1.29, 1.82) is 0 Å². The lowest BCUT2D eigenvalue weighted by atomic mass is 9.88. The molecule has 1 aliphatic carbocycles. The van der Waals surface area contributed by atoms with Gasteiger partial charge in [-0.25, -0.2) is 4.39 Å². The van der Waals surface area contributed by atoms with E-state index in [4.69, 9.17) is 11.6 Å². The number of halogens is 2. The molecule has 0 spiro atoms. The van der Waals surface area contributed by atoms with Crippen LogP contribution in [0.3, 0.4) is 0 Å². The van der Waals surface area contributed by atoms with Crippen LogP contribution in [0.15, 0.2) is 72.1 Å². The Bertz CT molecular complexity index is 1050. The van der Waals surface area contributed by atoms with Gasteiger partial charge in [-0.05, 0) is 73.6 Å². The largest absolute Gasteiger partial charge is 0.378 e. The normalized spacial score (nSPS) is 17.1. The zero-order chi connectivity index (χ0) is 24.5. The molecule has 1 atom stereocenters. The molecular weight excluding hydrogens is 443 g/mol. The molecule has 34 heavy (non-hydrogen) atoms. The van der Waals surface area contributed by atoms with Crippen LogP contribution < -0.4 is 10.6 Å². The molecule has 0 bridgehead atoms. The van der Waals surface area contributed by atoms with Crippen LogP contribution in [0.25, 0.3) is 5.70 Å². The van der Waals surface area contributed by atoms with Gasteiger partial charge >= 0.3 is 0 Å². The zero-order valence-electron chi connectivity index (χ0n) is 20.8. The maximum atomic E-state index is 13.8. The molecule has 1 aliphatic heterocycles. The van der Waals surface area contributed by atoms with Crippen LogP contribution in [0.1, 0.15) is 87.9 Å². The standard InChI is InChI=1S/C24H24ClFN2.C6H14/c1-15-11-12-17(26)13-20(15)16(2)27-24-14-23(18-7-3-5-9-21(18)25)28-22-10-6-4-8-19(22)24;1-3-5-6-4-2/h3,5,7,9,11-14,23,27-28H,2,4,6,8,10H2,1H3;3-6H2,1-2H3. The van der Waals surface area contributed by atoms with E-state index in [1.165, 1.54) is 61.9 Å². The van der Waals surface area contributed by atoms with Gasteiger partial charge in [0, 0.05) is 27.7 Å². The van der Waals surface area contributed by atoms with Crippen molar-refractivity contribution in [1.82, 2.24) is 10.6 Å². The summed E-state index contributed by atoms with van der Waals surface area (Å²) in [5.41, 5.74) is 7.16. The lowest BCUT2D eigenvalue weighted by molar-refractivity contribution is 0.570. The number of benzene rings is 2. The monoisotopic (exact) mass is 480 g/mol. The Balaban J connectivity index is 0.000000481. The third-order valence-electron chi connectivity index (χ3n) is 6.46. The van der Waals surface area contributed by atoms with Gasteiger partial charge in [-0.2, -0.15) is 0 Å². The quantitative estimate of drug-likeness (QED) is 0.386. The van der Waals surface area contributed by atoms with Crippen molar-refractivity contribution in [2.45, 2.75) is 78.2 Å². The Morgan fingerprint density at radius 1 is 1.09 bits per heavy atom. The highest BCUT2D eigenvalue weighted by Gasteiger charge is 2.26. The molecule has 2 aromatic carbocycles. The van der Waals surface area contributed by atoms with Crippen LogP contribution in [-0.2, 0) is 0 Å². The van der Waals surface area contributed by atoms with Crippen molar-refractivity contribution in [2.24, 2.45) is 0 Å². The molecule has 2 nitrogen and oxygen atoms in total. The Kier molecular flexibility index (Phi) is 9.83. The van der Waals surface area contributed by atoms with Gasteiger partial charge in [0.15, 0.2) is 0 Å². The van der Waals surface area contributed by atoms with Gasteiger partial charge in [-0.1, -0.05) is 82.0 Å². The molecule has 0 amide bonds. The summed E-state index contributed by atoms with van der Waals surface area (Å²) in [5, 5.41) is 7.89. The summed E-state index contributed by atoms with van der Waals surface area (Å²) < 4.78 is 13.8. The zero-order valence-corrected chi connectivity index (χ0v) is 21.6. The van der Waals surface area contributed by atoms with E-state index in [0.717, 1.165) is 40.3 Å². The predicted molar refractivity (Wildman–Crippen MR) is 144 cm³/mol. The second-order valence-electron chi connectivity index (χ2n) is 9.16. The Morgan fingerprint density at radius 2 is 1.79 bits per heavy atom. The Morgan fingerprint density at radius 3 is 2.50 bits per heavy atom. The van der Waals surface area contributed by atoms with Crippen LogP contribution in [0.5, 0.6) is 0 Å². The number of hydrogen-bond donors (Lipinski definition) is 2. The van der Waals surface area contributed by atoms with E-state index in [9.17, 15) is 4.39 Å². The maximum absolute atomic E-state index is 13.8. The molecule has 1 unspecified atom stereocenters. The average molecular weight is 481 g/mol. The van der Waals surface area contributed by atoms with E-state index < -0.39 is 0 Å². The second-order valence-corrected chi connectivity index (χ2v) is 9.57. The predicted octanol–water partition coefficient (Wildman–Crippen LogP) is 8.99. The van der Waals surface area contributed by atoms with Crippen LogP contribution in [0, 0.1) is 12.7 Å². The molecule has 4 heteroatoms. The van der Waals surface area contributed by atoms with Crippen molar-refractivity contribution in [3.63, 3.8) is 0 Å². The number of allylic oxidation sites excluding steroid dienone is 2. The summed E-state index contributed by atoms with van der Waals surface area (Å²) in [4.78, 5) is 0. The van der Waals surface area contributed by atoms with E-state index >= 15 is 0 Å². The van der Waals surface area contributed by atoms with E-state index in [1.54, 1.807) is 6.07 Å². The van der Waals surface area contributed by atoms with Crippen molar-refractivity contribution in [2.75, 3.05) is 0 Å². The van der Waals surface area contributed by atoms with Crippen LogP contribution in [-0.4, -0.2) is 0 Å². The molecule has 2 aromatic rings. The highest BCUT2D eigenvalue weighted by molar-refractivity contribution is 6.31. The van der Waals surface area contributed by atoms with Crippen molar-refractivity contribution >= 4 is 17.3 Å². The molecule has 2 N–H and O–H groups in total. The summed E-state index contributed by atoms with van der Waals surface area (Å²) in [6, 6.07) is 12.7. The third-order valence-corrected chi connectivity index (χ3v) is 6.81. The SMILES string of the molecule is C=C(NC1=CC(c2ccccc2Cl)NC2=C1CCCC2)c1cc(F)ccc1C.CCCCCC. The van der Waals surface area contributed by atoms with E-state index in [0.29, 0.717) is 5.70 Å². The maximum Gasteiger partial charge on any atom is 0.123 e. The number of rotatable bonds is 7. The van der Waals surface area contributed by atoms with E-state index in [2.05, 4.69) is 37.1 Å². The van der Waals surface area contributed by atoms with Crippen LogP contribution in [0.2, 0.25) is 5.02 Å². The summed E-state index contributed by atoms with van der Waals surface area (Å²) in [5.74, 6) is -0.255. The molecule has 0 aromatic heterocycles. The van der Waals surface area contributed by atoms with Crippen molar-refractivity contribution in [3.8, 4) is 0 Å². The molecule has 0 fully saturated rings. The van der Waals surface area contributed by atoms with Gasteiger partial charge in [0.05, 0.1) is 6.04 Å². The molecule has 182 valence electrons. The summed E-state index contributed by atoms with van der Waals surface area (Å²) in [6.07, 6.45) is 12.1. The van der Waals surface area contributed by atoms with Gasteiger partial charge in [-0.15, -0.1) is 0 Å². The highest BCUT2D eigenvalue weighted by atomic mass is 35.5. The van der Waals surface area contributed by atoms with Crippen LogP contribution >= 0.6 is 11.6 Å². The van der Waals surface area contributed by atoms with Gasteiger partial charge in [0.1, 0.15) is 5.82 Å². The van der Waals surface area contributed by atoms with Crippen molar-refractivity contribution in [3.05, 3.63) is 99.6 Å². The molecule has 2 aliphatic rings. The van der Waals surface area contributed by atoms with Gasteiger partial charge in [0.2, 0.25) is 0 Å². The molecular formula is C30H38ClFN2.